The second kappa shape index (κ2) is 11.8. The predicted molar refractivity (Wildman–Crippen MR) is 157 cm³/mol. The van der Waals surface area contributed by atoms with E-state index < -0.39 is 11.8 Å². The lowest BCUT2D eigenvalue weighted by Gasteiger charge is -2.16. The van der Waals surface area contributed by atoms with Gasteiger partial charge in [-0.15, -0.1) is 0 Å². The molecule has 0 bridgehead atoms. The van der Waals surface area contributed by atoms with Gasteiger partial charge in [-0.1, -0.05) is 35.9 Å². The molecular formula is C31H25ClN4O4. The second-order valence-electron chi connectivity index (χ2n) is 8.79. The Hall–Kier alpha value is -5.08. The molecule has 3 N–H and O–H groups in total. The summed E-state index contributed by atoms with van der Waals surface area (Å²) >= 11 is 6.27. The van der Waals surface area contributed by atoms with Crippen molar-refractivity contribution >= 4 is 57.8 Å². The van der Waals surface area contributed by atoms with Gasteiger partial charge in [0.2, 0.25) is 0 Å². The molecule has 3 amide bonds. The lowest BCUT2D eigenvalue weighted by molar-refractivity contribution is -0.120. The van der Waals surface area contributed by atoms with E-state index in [1.54, 1.807) is 60.7 Å². The average Bonchev–Trinajstić information content (AvgIpc) is 3.18. The summed E-state index contributed by atoms with van der Waals surface area (Å²) in [5, 5.41) is 8.83. The van der Waals surface area contributed by atoms with Crippen LogP contribution in [0.5, 0.6) is 5.75 Å². The van der Waals surface area contributed by atoms with E-state index in [1.807, 2.05) is 49.4 Å². The summed E-state index contributed by atoms with van der Waals surface area (Å²) < 4.78 is 5.42. The smallest absolute Gasteiger partial charge is 0.283 e. The highest BCUT2D eigenvalue weighted by Gasteiger charge is 2.39. The Bertz CT molecular complexity index is 1590. The molecule has 0 aromatic heterocycles. The molecule has 8 nitrogen and oxygen atoms in total. The first kappa shape index (κ1) is 26.5. The molecule has 5 rings (SSSR count). The van der Waals surface area contributed by atoms with E-state index in [2.05, 4.69) is 16.0 Å². The van der Waals surface area contributed by atoms with E-state index in [-0.39, 0.29) is 16.6 Å². The number of benzene rings is 4. The van der Waals surface area contributed by atoms with Crippen LogP contribution in [0.15, 0.2) is 114 Å². The van der Waals surface area contributed by atoms with Crippen LogP contribution in [0, 0.1) is 0 Å². The van der Waals surface area contributed by atoms with Gasteiger partial charge in [0, 0.05) is 28.3 Å². The van der Waals surface area contributed by atoms with Crippen molar-refractivity contribution in [3.05, 3.63) is 119 Å². The van der Waals surface area contributed by atoms with Crippen LogP contribution < -0.4 is 25.6 Å². The van der Waals surface area contributed by atoms with Crippen molar-refractivity contribution in [3.63, 3.8) is 0 Å². The molecule has 0 radical (unpaired) electrons. The van der Waals surface area contributed by atoms with E-state index in [1.165, 1.54) is 0 Å². The number of para-hydroxylation sites is 1. The highest BCUT2D eigenvalue weighted by molar-refractivity contribution is 6.53. The number of rotatable bonds is 9. The molecule has 9 heteroatoms. The highest BCUT2D eigenvalue weighted by Crippen LogP contribution is 2.31. The van der Waals surface area contributed by atoms with Gasteiger partial charge in [0.25, 0.3) is 17.7 Å². The molecule has 1 heterocycles. The fourth-order valence-electron chi connectivity index (χ4n) is 4.11. The summed E-state index contributed by atoms with van der Waals surface area (Å²) in [6.45, 7) is 2.36. The average molecular weight is 553 g/mol. The van der Waals surface area contributed by atoms with Gasteiger partial charge in [-0.2, -0.15) is 0 Å². The summed E-state index contributed by atoms with van der Waals surface area (Å²) in [6.07, 6.45) is 0. The first-order valence-corrected chi connectivity index (χ1v) is 12.9. The third-order valence-electron chi connectivity index (χ3n) is 6.03. The van der Waals surface area contributed by atoms with E-state index in [0.717, 1.165) is 16.3 Å². The van der Waals surface area contributed by atoms with Crippen LogP contribution in [0.1, 0.15) is 17.3 Å². The van der Waals surface area contributed by atoms with Crippen LogP contribution in [0.4, 0.5) is 28.4 Å². The molecule has 0 fully saturated rings. The van der Waals surface area contributed by atoms with Gasteiger partial charge in [0.1, 0.15) is 16.5 Å². The van der Waals surface area contributed by atoms with Gasteiger partial charge < -0.3 is 20.7 Å². The Morgan fingerprint density at radius 1 is 0.750 bits per heavy atom. The summed E-state index contributed by atoms with van der Waals surface area (Å²) in [5.41, 5.74) is 3.55. The Kier molecular flexibility index (Phi) is 7.80. The van der Waals surface area contributed by atoms with Crippen LogP contribution in [0.25, 0.3) is 0 Å². The summed E-state index contributed by atoms with van der Waals surface area (Å²) in [7, 11) is 0. The zero-order chi connectivity index (χ0) is 28.1. The van der Waals surface area contributed by atoms with E-state index >= 15 is 0 Å². The van der Waals surface area contributed by atoms with E-state index in [0.29, 0.717) is 35.0 Å². The van der Waals surface area contributed by atoms with Gasteiger partial charge in [0.05, 0.1) is 12.3 Å². The third-order valence-corrected chi connectivity index (χ3v) is 6.38. The van der Waals surface area contributed by atoms with Crippen LogP contribution >= 0.6 is 11.6 Å². The molecule has 40 heavy (non-hydrogen) atoms. The number of nitrogens with one attached hydrogen (secondary N) is 3. The van der Waals surface area contributed by atoms with Gasteiger partial charge >= 0.3 is 0 Å². The van der Waals surface area contributed by atoms with Crippen molar-refractivity contribution in [2.45, 2.75) is 6.92 Å². The maximum absolute atomic E-state index is 13.1. The highest BCUT2D eigenvalue weighted by atomic mass is 35.5. The first-order chi connectivity index (χ1) is 19.4. The fourth-order valence-corrected chi connectivity index (χ4v) is 4.33. The molecule has 1 aliphatic rings. The minimum absolute atomic E-state index is 0.0698. The molecule has 0 saturated carbocycles. The number of carbonyl (C=O) groups is 3. The lowest BCUT2D eigenvalue weighted by atomic mass is 10.1. The maximum atomic E-state index is 13.1. The van der Waals surface area contributed by atoms with Crippen LogP contribution in [0.2, 0.25) is 0 Å². The number of halogens is 1. The van der Waals surface area contributed by atoms with Crippen molar-refractivity contribution in [1.82, 2.24) is 0 Å². The van der Waals surface area contributed by atoms with Gasteiger partial charge in [-0.3, -0.25) is 14.4 Å². The van der Waals surface area contributed by atoms with Crippen LogP contribution in [0.3, 0.4) is 0 Å². The first-order valence-electron chi connectivity index (χ1n) is 12.5. The SMILES string of the molecule is CCOc1ccc(N2C(=O)C(Cl)=C(Nc3cccc(C(=O)Nc4ccc(Nc5ccccc5)cc4)c3)C2=O)cc1. The molecule has 0 spiro atoms. The molecule has 4 aromatic carbocycles. The van der Waals surface area contributed by atoms with Crippen LogP contribution in [-0.4, -0.2) is 24.3 Å². The van der Waals surface area contributed by atoms with Crippen molar-refractivity contribution in [3.8, 4) is 5.75 Å². The zero-order valence-electron chi connectivity index (χ0n) is 21.5. The third kappa shape index (κ3) is 5.82. The molecule has 0 unspecified atom stereocenters. The van der Waals surface area contributed by atoms with Crippen molar-refractivity contribution in [2.24, 2.45) is 0 Å². The summed E-state index contributed by atoms with van der Waals surface area (Å²) in [5.74, 6) is -0.953. The number of hydrogen-bond donors (Lipinski definition) is 3. The Labute approximate surface area is 236 Å². The normalized spacial score (nSPS) is 12.9. The molecular weight excluding hydrogens is 528 g/mol. The Morgan fingerprint density at radius 2 is 1.40 bits per heavy atom. The van der Waals surface area contributed by atoms with Crippen molar-refractivity contribution in [1.29, 1.82) is 0 Å². The number of hydrogen-bond acceptors (Lipinski definition) is 6. The topological polar surface area (TPSA) is 99.8 Å². The zero-order valence-corrected chi connectivity index (χ0v) is 22.2. The summed E-state index contributed by atoms with van der Waals surface area (Å²) in [4.78, 5) is 39.9. The Balaban J connectivity index is 1.25. The fraction of sp³-hybridized carbons (Fsp3) is 0.0645. The second-order valence-corrected chi connectivity index (χ2v) is 9.17. The van der Waals surface area contributed by atoms with Crippen LogP contribution in [-0.2, 0) is 9.59 Å². The largest absolute Gasteiger partial charge is 0.494 e. The molecule has 0 aliphatic carbocycles. The number of imide groups is 1. The number of nitrogens with zero attached hydrogens (tertiary/aromatic N) is 1. The molecule has 4 aromatic rings. The molecule has 0 atom stereocenters. The van der Waals surface area contributed by atoms with Gasteiger partial charge in [-0.25, -0.2) is 4.90 Å². The Morgan fingerprint density at radius 3 is 2.10 bits per heavy atom. The molecule has 1 aliphatic heterocycles. The van der Waals surface area contributed by atoms with Gasteiger partial charge in [-0.05, 0) is 85.8 Å². The van der Waals surface area contributed by atoms with Crippen molar-refractivity contribution < 1.29 is 19.1 Å². The number of ether oxygens (including phenoxy) is 1. The number of anilines is 5. The quantitative estimate of drug-likeness (QED) is 0.204. The number of amides is 3. The minimum atomic E-state index is -0.641. The molecule has 0 saturated heterocycles. The number of carbonyl (C=O) groups excluding carboxylic acids is 3. The van der Waals surface area contributed by atoms with Crippen molar-refractivity contribution in [2.75, 3.05) is 27.5 Å². The predicted octanol–water partition coefficient (Wildman–Crippen LogP) is 6.52. The van der Waals surface area contributed by atoms with Gasteiger partial charge in [0.15, 0.2) is 0 Å². The monoisotopic (exact) mass is 552 g/mol. The van der Waals surface area contributed by atoms with E-state index in [4.69, 9.17) is 16.3 Å². The minimum Gasteiger partial charge on any atom is -0.494 e. The standard InChI is InChI=1S/C31H25ClN4O4/c1-2-40-26-17-15-25(16-18-26)36-30(38)27(32)28(31(36)39)34-24-10-6-7-20(19-24)29(37)35-23-13-11-22(12-14-23)33-21-8-4-3-5-9-21/h3-19,33-34H,2H2,1H3,(H,35,37). The molecule has 200 valence electrons. The summed E-state index contributed by atoms with van der Waals surface area (Å²) in [6, 6.07) is 30.3. The van der Waals surface area contributed by atoms with E-state index in [9.17, 15) is 14.4 Å². The maximum Gasteiger partial charge on any atom is 0.283 e. The lowest BCUT2D eigenvalue weighted by Crippen LogP contribution is -2.32.